The molecule has 0 aliphatic heterocycles. The molecule has 29 heavy (non-hydrogen) atoms. The minimum absolute atomic E-state index is 0.283. The maximum atomic E-state index is 12.2. The first-order chi connectivity index (χ1) is 13.6. The second kappa shape index (κ2) is 9.13. The molecule has 0 saturated carbocycles. The molecule has 0 bridgehead atoms. The van der Waals surface area contributed by atoms with Gasteiger partial charge >= 0.3 is 18.0 Å². The first-order valence-corrected chi connectivity index (χ1v) is 9.84. The predicted molar refractivity (Wildman–Crippen MR) is 112 cm³/mol. The highest BCUT2D eigenvalue weighted by Crippen LogP contribution is 2.37. The molecule has 0 saturated heterocycles. The van der Waals surface area contributed by atoms with Gasteiger partial charge in [0.1, 0.15) is 10.5 Å². The van der Waals surface area contributed by atoms with Crippen LogP contribution in [0.25, 0.3) is 10.1 Å². The summed E-state index contributed by atoms with van der Waals surface area (Å²) in [5.41, 5.74) is 0.320. The maximum absolute atomic E-state index is 12.2. The second-order valence-electron chi connectivity index (χ2n) is 7.43. The van der Waals surface area contributed by atoms with E-state index in [1.807, 2.05) is 6.92 Å². The molecule has 0 aliphatic carbocycles. The number of carbonyl (C=O) groups excluding carboxylic acids is 3. The second-order valence-corrected chi connectivity index (χ2v) is 8.48. The molecule has 2 rings (SSSR count). The number of anilines is 1. The van der Waals surface area contributed by atoms with Crippen molar-refractivity contribution in [3.8, 4) is 0 Å². The smallest absolute Gasteiger partial charge is 0.407 e. The van der Waals surface area contributed by atoms with Crippen molar-refractivity contribution in [2.75, 3.05) is 26.1 Å². The number of nitrogens with one attached hydrogen (secondary N) is 2. The molecule has 0 radical (unpaired) electrons. The average Bonchev–Trinajstić information content (AvgIpc) is 3.01. The van der Waals surface area contributed by atoms with Crippen molar-refractivity contribution in [1.82, 2.24) is 5.32 Å². The minimum atomic E-state index is -0.594. The van der Waals surface area contributed by atoms with Crippen molar-refractivity contribution in [1.29, 1.82) is 0 Å². The monoisotopic (exact) mass is 422 g/mol. The van der Waals surface area contributed by atoms with Crippen LogP contribution in [0.5, 0.6) is 0 Å². The molecule has 1 amide bonds. The molecule has 0 fully saturated rings. The maximum Gasteiger partial charge on any atom is 0.407 e. The summed E-state index contributed by atoms with van der Waals surface area (Å²) in [5.74, 6) is -0.954. The number of hydrogen-bond acceptors (Lipinski definition) is 8. The van der Waals surface area contributed by atoms with Crippen LogP contribution in [0.1, 0.15) is 47.7 Å². The van der Waals surface area contributed by atoms with Crippen LogP contribution < -0.4 is 10.6 Å². The molecule has 2 aromatic rings. The average molecular weight is 423 g/mol. The van der Waals surface area contributed by atoms with Gasteiger partial charge in [0, 0.05) is 22.7 Å². The van der Waals surface area contributed by atoms with E-state index in [0.29, 0.717) is 28.1 Å². The largest absolute Gasteiger partial charge is 0.465 e. The van der Waals surface area contributed by atoms with Gasteiger partial charge < -0.3 is 24.8 Å². The summed E-state index contributed by atoms with van der Waals surface area (Å²) in [4.78, 5) is 36.4. The first kappa shape index (κ1) is 22.5. The van der Waals surface area contributed by atoms with E-state index in [-0.39, 0.29) is 6.04 Å². The molecule has 9 heteroatoms. The van der Waals surface area contributed by atoms with E-state index in [1.165, 1.54) is 25.6 Å². The molecule has 1 heterocycles. The molecule has 8 nitrogen and oxygen atoms in total. The highest BCUT2D eigenvalue weighted by Gasteiger charge is 2.22. The Balaban J connectivity index is 2.26. The molecular weight excluding hydrogens is 396 g/mol. The Morgan fingerprint density at radius 3 is 2.34 bits per heavy atom. The molecular formula is C20H26N2O6S. The lowest BCUT2D eigenvalue weighted by Crippen LogP contribution is -2.40. The zero-order chi connectivity index (χ0) is 21.8. The fourth-order valence-electron chi connectivity index (χ4n) is 2.57. The number of esters is 2. The van der Waals surface area contributed by atoms with Crippen molar-refractivity contribution in [3.05, 3.63) is 28.6 Å². The summed E-state index contributed by atoms with van der Waals surface area (Å²) in [6, 6.07) is 4.78. The number of amides is 1. The molecule has 1 aromatic carbocycles. The van der Waals surface area contributed by atoms with Gasteiger partial charge in [0.05, 0.1) is 25.5 Å². The van der Waals surface area contributed by atoms with Gasteiger partial charge in [0.25, 0.3) is 0 Å². The highest BCUT2D eigenvalue weighted by molar-refractivity contribution is 7.21. The van der Waals surface area contributed by atoms with E-state index in [4.69, 9.17) is 14.2 Å². The number of thiophene rings is 1. The predicted octanol–water partition coefficient (Wildman–Crippen LogP) is 3.80. The Morgan fingerprint density at radius 2 is 1.76 bits per heavy atom. The molecule has 0 spiro atoms. The lowest BCUT2D eigenvalue weighted by Gasteiger charge is -2.22. The highest BCUT2D eigenvalue weighted by atomic mass is 32.1. The van der Waals surface area contributed by atoms with E-state index in [1.54, 1.807) is 39.0 Å². The third kappa shape index (κ3) is 5.83. The summed E-state index contributed by atoms with van der Waals surface area (Å²) in [5, 5.41) is 6.63. The van der Waals surface area contributed by atoms with E-state index in [0.717, 1.165) is 4.70 Å². The SMILES string of the molecule is COC(=O)c1ccc2sc(C(=O)OC)c(NC[C@@H](C)NC(=O)OC(C)(C)C)c2c1. The summed E-state index contributed by atoms with van der Waals surface area (Å²) in [6.07, 6.45) is -0.525. The van der Waals surface area contributed by atoms with Crippen LogP contribution in [0.2, 0.25) is 0 Å². The van der Waals surface area contributed by atoms with E-state index in [9.17, 15) is 14.4 Å². The Bertz CT molecular complexity index is 916. The Labute approximate surface area is 173 Å². The van der Waals surface area contributed by atoms with Crippen molar-refractivity contribution in [2.45, 2.75) is 39.3 Å². The standard InChI is InChI=1S/C20H26N2O6S/c1-11(22-19(25)28-20(2,3)4)10-21-15-13-9-12(17(23)26-5)7-8-14(13)29-16(15)18(24)27-6/h7-9,11,21H,10H2,1-6H3,(H,22,25)/t11-/m1/s1. The number of fused-ring (bicyclic) bond motifs is 1. The molecule has 2 N–H and O–H groups in total. The van der Waals surface area contributed by atoms with Crippen LogP contribution in [0.4, 0.5) is 10.5 Å². The van der Waals surface area contributed by atoms with Crippen LogP contribution in [0.3, 0.4) is 0 Å². The quantitative estimate of drug-likeness (QED) is 0.539. The Hall–Kier alpha value is -2.81. The van der Waals surface area contributed by atoms with E-state index in [2.05, 4.69) is 10.6 Å². The summed E-state index contributed by atoms with van der Waals surface area (Å²) in [7, 11) is 2.62. The fourth-order valence-corrected chi connectivity index (χ4v) is 3.65. The molecule has 1 aromatic heterocycles. The number of methoxy groups -OCH3 is 2. The summed E-state index contributed by atoms with van der Waals surface area (Å²) in [6.45, 7) is 7.50. The zero-order valence-electron chi connectivity index (χ0n) is 17.4. The van der Waals surface area contributed by atoms with Gasteiger partial charge in [0.15, 0.2) is 0 Å². The van der Waals surface area contributed by atoms with Gasteiger partial charge in [-0.25, -0.2) is 14.4 Å². The minimum Gasteiger partial charge on any atom is -0.465 e. The van der Waals surface area contributed by atoms with Gasteiger partial charge in [0.2, 0.25) is 0 Å². The first-order valence-electron chi connectivity index (χ1n) is 9.02. The molecule has 158 valence electrons. The molecule has 0 aliphatic rings. The number of alkyl carbamates (subject to hydrolysis) is 1. The lowest BCUT2D eigenvalue weighted by atomic mass is 10.1. The van der Waals surface area contributed by atoms with Crippen molar-refractivity contribution in [3.63, 3.8) is 0 Å². The van der Waals surface area contributed by atoms with Crippen molar-refractivity contribution < 1.29 is 28.6 Å². The summed E-state index contributed by atoms with van der Waals surface area (Å²) < 4.78 is 15.7. The van der Waals surface area contributed by atoms with Crippen LogP contribution in [-0.2, 0) is 14.2 Å². The van der Waals surface area contributed by atoms with Crippen LogP contribution in [0, 0.1) is 0 Å². The number of carbonyl (C=O) groups is 3. The van der Waals surface area contributed by atoms with Gasteiger partial charge in [-0.1, -0.05) is 0 Å². The van der Waals surface area contributed by atoms with Crippen LogP contribution >= 0.6 is 11.3 Å². The Morgan fingerprint density at radius 1 is 1.10 bits per heavy atom. The van der Waals surface area contributed by atoms with Crippen LogP contribution in [0.15, 0.2) is 18.2 Å². The third-order valence-electron chi connectivity index (χ3n) is 3.83. The number of rotatable bonds is 6. The lowest BCUT2D eigenvalue weighted by molar-refractivity contribution is 0.0508. The molecule has 0 unspecified atom stereocenters. The number of hydrogen-bond donors (Lipinski definition) is 2. The van der Waals surface area contributed by atoms with E-state index >= 15 is 0 Å². The van der Waals surface area contributed by atoms with Gasteiger partial charge in [-0.3, -0.25) is 0 Å². The van der Waals surface area contributed by atoms with Gasteiger partial charge in [-0.2, -0.15) is 0 Å². The van der Waals surface area contributed by atoms with Crippen LogP contribution in [-0.4, -0.2) is 50.4 Å². The van der Waals surface area contributed by atoms with E-state index < -0.39 is 23.6 Å². The topological polar surface area (TPSA) is 103 Å². The van der Waals surface area contributed by atoms with Gasteiger partial charge in [-0.05, 0) is 45.9 Å². The zero-order valence-corrected chi connectivity index (χ0v) is 18.2. The van der Waals surface area contributed by atoms with Crippen molar-refractivity contribution >= 4 is 45.1 Å². The van der Waals surface area contributed by atoms with Crippen molar-refractivity contribution in [2.24, 2.45) is 0 Å². The Kier molecular flexibility index (Phi) is 7.07. The fraction of sp³-hybridized carbons (Fsp3) is 0.450. The number of ether oxygens (including phenoxy) is 3. The molecule has 1 atom stereocenters. The summed E-state index contributed by atoms with van der Waals surface area (Å²) >= 11 is 1.26. The third-order valence-corrected chi connectivity index (χ3v) is 4.98. The number of benzene rings is 1. The normalized spacial score (nSPS) is 12.2. The van der Waals surface area contributed by atoms with Gasteiger partial charge in [-0.15, -0.1) is 11.3 Å².